The summed E-state index contributed by atoms with van der Waals surface area (Å²) < 4.78 is 23.4. The normalized spacial score (nSPS) is 15.5. The Morgan fingerprint density at radius 3 is 1.89 bits per heavy atom. The molecule has 0 unspecified atom stereocenters. The lowest BCUT2D eigenvalue weighted by Gasteiger charge is -2.34. The number of hydrogen-bond acceptors (Lipinski definition) is 7. The van der Waals surface area contributed by atoms with Gasteiger partial charge in [-0.15, -0.1) is 0 Å². The second kappa shape index (κ2) is 13.3. The largest absolute Gasteiger partial charge is 0.468 e. The molecule has 44 heavy (non-hydrogen) atoms. The van der Waals surface area contributed by atoms with Crippen molar-refractivity contribution < 1.29 is 33.0 Å². The van der Waals surface area contributed by atoms with E-state index in [2.05, 4.69) is 0 Å². The number of benzene rings is 3. The maximum absolute atomic E-state index is 13.6. The molecular weight excluding hydrogens is 556 g/mol. The summed E-state index contributed by atoms with van der Waals surface area (Å²) in [6.45, 7) is 1.56. The molecule has 0 bridgehead atoms. The Morgan fingerprint density at radius 2 is 1.34 bits per heavy atom. The number of ketones is 1. The monoisotopic (exact) mass is 592 g/mol. The Bertz CT molecular complexity index is 1650. The zero-order chi connectivity index (χ0) is 31.3. The van der Waals surface area contributed by atoms with Crippen LogP contribution < -0.4 is 0 Å². The van der Waals surface area contributed by atoms with Crippen molar-refractivity contribution in [3.63, 3.8) is 0 Å². The summed E-state index contributed by atoms with van der Waals surface area (Å²) in [5.74, 6) is -0.369. The van der Waals surface area contributed by atoms with E-state index in [0.29, 0.717) is 23.5 Å². The zero-order valence-corrected chi connectivity index (χ0v) is 25.4. The minimum absolute atomic E-state index is 0.00648. The van der Waals surface area contributed by atoms with Crippen LogP contribution in [0.3, 0.4) is 0 Å². The molecular formula is C37H36O7. The molecule has 7 heteroatoms. The molecule has 7 nitrogen and oxygen atoms in total. The number of carbonyl (C=O) groups excluding carboxylic acids is 3. The average Bonchev–Trinajstić information content (AvgIpc) is 3.44. The van der Waals surface area contributed by atoms with E-state index in [1.54, 1.807) is 14.0 Å². The van der Waals surface area contributed by atoms with Gasteiger partial charge in [-0.2, -0.15) is 0 Å². The number of allylic oxidation sites excluding steroid dienone is 2. The lowest BCUT2D eigenvalue weighted by molar-refractivity contribution is -0.169. The van der Waals surface area contributed by atoms with Crippen LogP contribution in [0.25, 0.3) is 22.5 Å². The quantitative estimate of drug-likeness (QED) is 0.142. The van der Waals surface area contributed by atoms with Crippen LogP contribution in [0.5, 0.6) is 0 Å². The zero-order valence-electron chi connectivity index (χ0n) is 25.4. The smallest absolute Gasteiger partial charge is 0.324 e. The van der Waals surface area contributed by atoms with Gasteiger partial charge in [-0.25, -0.2) is 0 Å². The summed E-state index contributed by atoms with van der Waals surface area (Å²) in [5.41, 5.74) is 4.03. The number of methoxy groups -OCH3 is 3. The number of carbonyl (C=O) groups is 3. The van der Waals surface area contributed by atoms with Gasteiger partial charge in [0.2, 0.25) is 0 Å². The van der Waals surface area contributed by atoms with Crippen molar-refractivity contribution in [2.45, 2.75) is 38.7 Å². The van der Waals surface area contributed by atoms with Gasteiger partial charge < -0.3 is 23.4 Å². The molecule has 0 N–H and O–H groups in total. The molecule has 4 aromatic rings. The summed E-state index contributed by atoms with van der Waals surface area (Å²) in [6.07, 6.45) is 0.0548. The fraction of sp³-hybridized carbons (Fsp3) is 0.270. The van der Waals surface area contributed by atoms with E-state index >= 15 is 0 Å². The Morgan fingerprint density at radius 1 is 0.773 bits per heavy atom. The predicted octanol–water partition coefficient (Wildman–Crippen LogP) is 7.24. The minimum Gasteiger partial charge on any atom is -0.468 e. The van der Waals surface area contributed by atoms with Crippen molar-refractivity contribution in [2.75, 3.05) is 21.3 Å². The SMILES string of the molecule is COC(=O)C1(C(=O)OC)C/C(=C(/CCC(C)=O)c2ccccc2)c2c(oc(-c3ccccc3)c2[C@H](OC)c2ccccc2)C1. The number of esters is 2. The topological polar surface area (TPSA) is 92.0 Å². The fourth-order valence-electron chi connectivity index (χ4n) is 6.21. The van der Waals surface area contributed by atoms with Crippen molar-refractivity contribution in [3.8, 4) is 11.3 Å². The van der Waals surface area contributed by atoms with E-state index in [1.807, 2.05) is 91.0 Å². The molecule has 1 aromatic heterocycles. The van der Waals surface area contributed by atoms with Crippen molar-refractivity contribution in [1.29, 1.82) is 0 Å². The van der Waals surface area contributed by atoms with E-state index in [0.717, 1.165) is 33.4 Å². The molecule has 226 valence electrons. The summed E-state index contributed by atoms with van der Waals surface area (Å²) in [4.78, 5) is 39.5. The number of furan rings is 1. The number of ether oxygens (including phenoxy) is 3. The summed E-state index contributed by atoms with van der Waals surface area (Å²) in [5, 5.41) is 0. The molecule has 1 atom stereocenters. The molecule has 1 aliphatic carbocycles. The van der Waals surface area contributed by atoms with Gasteiger partial charge in [0.05, 0.1) is 14.2 Å². The summed E-state index contributed by atoms with van der Waals surface area (Å²) >= 11 is 0. The highest BCUT2D eigenvalue weighted by atomic mass is 16.5. The molecule has 3 aromatic carbocycles. The Labute approximate surface area is 257 Å². The Hall–Kier alpha value is -4.75. The van der Waals surface area contributed by atoms with Crippen molar-refractivity contribution in [3.05, 3.63) is 119 Å². The fourth-order valence-corrected chi connectivity index (χ4v) is 6.21. The Balaban J connectivity index is 1.93. The van der Waals surface area contributed by atoms with Crippen LogP contribution in [0.15, 0.2) is 95.4 Å². The first-order chi connectivity index (χ1) is 21.3. The van der Waals surface area contributed by atoms with E-state index in [9.17, 15) is 14.4 Å². The van der Waals surface area contributed by atoms with Crippen molar-refractivity contribution in [2.24, 2.45) is 5.41 Å². The van der Waals surface area contributed by atoms with Crippen LogP contribution in [0, 0.1) is 5.41 Å². The summed E-state index contributed by atoms with van der Waals surface area (Å²) in [6, 6.07) is 29.2. The standard InChI is InChI=1S/C37H36O7/c1-24(38)20-21-28(25-14-8-5-9-15-25)29-22-37(35(39)42-3,36(40)43-4)23-30-31(29)32(33(41-2)26-16-10-6-11-17-26)34(44-30)27-18-12-7-13-19-27/h5-19,33H,20-23H2,1-4H3/b29-28+/t33-/m1/s1. The van der Waals surface area contributed by atoms with E-state index < -0.39 is 23.5 Å². The first-order valence-corrected chi connectivity index (χ1v) is 14.6. The van der Waals surface area contributed by atoms with Gasteiger partial charge >= 0.3 is 11.9 Å². The van der Waals surface area contributed by atoms with Gasteiger partial charge in [0.15, 0.2) is 5.41 Å². The minimum atomic E-state index is -1.69. The third-order valence-corrected chi connectivity index (χ3v) is 8.26. The van der Waals surface area contributed by atoms with Gasteiger partial charge in [0, 0.05) is 43.1 Å². The van der Waals surface area contributed by atoms with Gasteiger partial charge in [-0.3, -0.25) is 9.59 Å². The molecule has 1 heterocycles. The maximum Gasteiger partial charge on any atom is 0.324 e. The highest BCUT2D eigenvalue weighted by Gasteiger charge is 2.54. The first kappa shape index (κ1) is 30.7. The van der Waals surface area contributed by atoms with Crippen LogP contribution in [0.4, 0.5) is 0 Å². The molecule has 0 saturated carbocycles. The lowest BCUT2D eigenvalue weighted by atomic mass is 9.68. The molecule has 0 fully saturated rings. The van der Waals surface area contributed by atoms with E-state index in [1.165, 1.54) is 14.2 Å². The number of Topliss-reactive ketones (excluding diaryl/α,β-unsaturated/α-hetero) is 1. The highest BCUT2D eigenvalue weighted by molar-refractivity contribution is 6.06. The number of fused-ring (bicyclic) bond motifs is 1. The van der Waals surface area contributed by atoms with Gasteiger partial charge in [0.25, 0.3) is 0 Å². The van der Waals surface area contributed by atoms with E-state index in [-0.39, 0.29) is 25.0 Å². The highest BCUT2D eigenvalue weighted by Crippen LogP contribution is 2.53. The number of hydrogen-bond donors (Lipinski definition) is 0. The molecule has 0 aliphatic heterocycles. The average molecular weight is 593 g/mol. The van der Waals surface area contributed by atoms with Crippen LogP contribution >= 0.6 is 0 Å². The molecule has 5 rings (SSSR count). The van der Waals surface area contributed by atoms with Gasteiger partial charge in [-0.05, 0) is 35.6 Å². The van der Waals surface area contributed by atoms with Crippen molar-refractivity contribution in [1.82, 2.24) is 0 Å². The third-order valence-electron chi connectivity index (χ3n) is 8.26. The van der Waals surface area contributed by atoms with Crippen LogP contribution in [-0.4, -0.2) is 39.1 Å². The second-order valence-corrected chi connectivity index (χ2v) is 11.0. The molecule has 0 saturated heterocycles. The van der Waals surface area contributed by atoms with Crippen molar-refractivity contribution >= 4 is 28.9 Å². The number of rotatable bonds is 10. The summed E-state index contributed by atoms with van der Waals surface area (Å²) in [7, 11) is 4.18. The molecule has 1 aliphatic rings. The van der Waals surface area contributed by atoms with Gasteiger partial charge in [-0.1, -0.05) is 91.0 Å². The third kappa shape index (κ3) is 5.75. The molecule has 0 amide bonds. The lowest BCUT2D eigenvalue weighted by Crippen LogP contribution is -2.45. The predicted molar refractivity (Wildman–Crippen MR) is 167 cm³/mol. The Kier molecular flexibility index (Phi) is 9.26. The van der Waals surface area contributed by atoms with Crippen LogP contribution in [0.2, 0.25) is 0 Å². The molecule has 0 radical (unpaired) electrons. The van der Waals surface area contributed by atoms with Crippen LogP contribution in [-0.2, 0) is 35.0 Å². The van der Waals surface area contributed by atoms with E-state index in [4.69, 9.17) is 18.6 Å². The second-order valence-electron chi connectivity index (χ2n) is 11.0. The first-order valence-electron chi connectivity index (χ1n) is 14.6. The van der Waals surface area contributed by atoms with Gasteiger partial charge in [0.1, 0.15) is 23.4 Å². The maximum atomic E-state index is 13.6. The molecule has 0 spiro atoms. The van der Waals surface area contributed by atoms with Crippen LogP contribution in [0.1, 0.15) is 60.3 Å².